The smallest absolute Gasteiger partial charge is 0.209 e. The molecule has 0 amide bonds. The average molecular weight is 579 g/mol. The molecule has 0 saturated heterocycles. The van der Waals surface area contributed by atoms with Crippen LogP contribution < -0.4 is 4.74 Å². The minimum Gasteiger partial charge on any atom is -0.508 e. The van der Waals surface area contributed by atoms with Crippen LogP contribution in [0.4, 0.5) is 0 Å². The van der Waals surface area contributed by atoms with Crippen LogP contribution in [0, 0.1) is 11.8 Å². The number of ether oxygens (including phenoxy) is 2. The molecule has 3 aromatic carbocycles. The Hall–Kier alpha value is -4.69. The van der Waals surface area contributed by atoms with Gasteiger partial charge in [0.25, 0.3) is 0 Å². The van der Waals surface area contributed by atoms with Gasteiger partial charge in [0.2, 0.25) is 5.78 Å². The first-order valence-corrected chi connectivity index (χ1v) is 14.5. The van der Waals surface area contributed by atoms with E-state index in [1.165, 1.54) is 13.0 Å². The second-order valence-corrected chi connectivity index (χ2v) is 11.8. The Balaban J connectivity index is 1.29. The van der Waals surface area contributed by atoms with Crippen molar-refractivity contribution in [3.8, 4) is 22.6 Å². The number of ketones is 3. The van der Waals surface area contributed by atoms with Crippen LogP contribution in [0.3, 0.4) is 0 Å². The largest absolute Gasteiger partial charge is 0.508 e. The summed E-state index contributed by atoms with van der Waals surface area (Å²) in [6.07, 6.45) is 1.36. The predicted molar refractivity (Wildman–Crippen MR) is 156 cm³/mol. The van der Waals surface area contributed by atoms with Gasteiger partial charge in [0, 0.05) is 24.3 Å². The van der Waals surface area contributed by atoms with Crippen molar-refractivity contribution in [1.29, 1.82) is 0 Å². The zero-order valence-corrected chi connectivity index (χ0v) is 23.6. The number of fused-ring (bicyclic) bond motifs is 4. The van der Waals surface area contributed by atoms with Crippen molar-refractivity contribution < 1.29 is 39.2 Å². The summed E-state index contributed by atoms with van der Waals surface area (Å²) >= 11 is 0. The Morgan fingerprint density at radius 3 is 2.60 bits per heavy atom. The summed E-state index contributed by atoms with van der Waals surface area (Å²) in [6, 6.07) is 18.4. The Bertz CT molecular complexity index is 1780. The molecule has 0 bridgehead atoms. The van der Waals surface area contributed by atoms with Gasteiger partial charge in [-0.05, 0) is 65.6 Å². The van der Waals surface area contributed by atoms with E-state index < -0.39 is 40.5 Å². The number of aromatic hydroxyl groups is 1. The normalized spacial score (nSPS) is 24.1. The number of aliphatic hydroxyl groups is 2. The van der Waals surface area contributed by atoms with Gasteiger partial charge >= 0.3 is 0 Å². The van der Waals surface area contributed by atoms with E-state index in [0.29, 0.717) is 18.6 Å². The number of Topliss-reactive ketones (excluding diaryl/α,β-unsaturated/α-hetero) is 3. The fourth-order valence-electron chi connectivity index (χ4n) is 7.19. The highest BCUT2D eigenvalue weighted by Gasteiger charge is 2.59. The lowest BCUT2D eigenvalue weighted by Gasteiger charge is -2.46. The van der Waals surface area contributed by atoms with Crippen LogP contribution in [-0.2, 0) is 33.8 Å². The summed E-state index contributed by atoms with van der Waals surface area (Å²) in [5, 5.41) is 34.2. The number of carbonyl (C=O) groups is 3. The van der Waals surface area contributed by atoms with Gasteiger partial charge in [-0.3, -0.25) is 14.4 Å². The number of allylic oxidation sites excluding steroid dienone is 2. The Kier molecular flexibility index (Phi) is 6.29. The summed E-state index contributed by atoms with van der Waals surface area (Å²) in [5.41, 5.74) is 1.38. The molecule has 4 aliphatic rings. The van der Waals surface area contributed by atoms with Crippen molar-refractivity contribution in [3.63, 3.8) is 0 Å². The maximum atomic E-state index is 14.0. The number of phenols is 1. The molecule has 8 nitrogen and oxygen atoms in total. The molecule has 7 rings (SSSR count). The van der Waals surface area contributed by atoms with E-state index in [1.54, 1.807) is 6.07 Å². The first-order valence-electron chi connectivity index (χ1n) is 14.5. The standard InChI is InChI=1S/C35H30O8/c1-18(36)29-28(43-17-19-5-3-2-4-6-19)16-23-13-22-14-25-24(21-8-7-20-11-12-42-27(20)15-21)9-10-26(37)31(25)32(38)30(22)34(40)35(23,41)33(29)39/h2-10,15,22-23,37,40-41H,11-14,16-17H2,1H3/t22-,23+,35-/m1/s1. The van der Waals surface area contributed by atoms with E-state index in [0.717, 1.165) is 34.4 Å². The second-order valence-electron chi connectivity index (χ2n) is 11.8. The molecule has 0 fully saturated rings. The monoisotopic (exact) mass is 578 g/mol. The van der Waals surface area contributed by atoms with E-state index in [-0.39, 0.29) is 47.7 Å². The molecule has 1 aliphatic heterocycles. The number of benzene rings is 3. The predicted octanol–water partition coefficient (Wildman–Crippen LogP) is 4.94. The maximum absolute atomic E-state index is 14.0. The zero-order valence-electron chi connectivity index (χ0n) is 23.6. The van der Waals surface area contributed by atoms with Crippen LogP contribution in [0.25, 0.3) is 11.1 Å². The number of phenolic OH excluding ortho intramolecular Hbond substituents is 1. The fourth-order valence-corrected chi connectivity index (χ4v) is 7.19. The second kappa shape index (κ2) is 9.95. The molecule has 43 heavy (non-hydrogen) atoms. The Labute approximate surface area is 247 Å². The molecular formula is C35H30O8. The first-order chi connectivity index (χ1) is 20.7. The summed E-state index contributed by atoms with van der Waals surface area (Å²) in [7, 11) is 0. The van der Waals surface area contributed by atoms with Crippen molar-refractivity contribution in [3.05, 3.63) is 106 Å². The van der Waals surface area contributed by atoms with Crippen LogP contribution in [0.15, 0.2) is 83.3 Å². The minimum atomic E-state index is -2.45. The maximum Gasteiger partial charge on any atom is 0.209 e. The lowest BCUT2D eigenvalue weighted by Crippen LogP contribution is -2.56. The van der Waals surface area contributed by atoms with Gasteiger partial charge in [-0.25, -0.2) is 0 Å². The summed E-state index contributed by atoms with van der Waals surface area (Å²) in [4.78, 5) is 40.5. The highest BCUT2D eigenvalue weighted by atomic mass is 16.5. The molecule has 0 aromatic heterocycles. The molecule has 0 radical (unpaired) electrons. The van der Waals surface area contributed by atoms with Crippen LogP contribution in [-0.4, -0.2) is 44.9 Å². The Morgan fingerprint density at radius 1 is 1.05 bits per heavy atom. The number of rotatable bonds is 5. The van der Waals surface area contributed by atoms with Gasteiger partial charge < -0.3 is 24.8 Å². The molecule has 218 valence electrons. The SMILES string of the molecule is CC(=O)C1=C(OCc2ccccc2)C[C@@H]2C[C@@H]3Cc4c(-c5ccc6c(c5)OCC6)ccc(O)c4C(=O)C3=C(O)[C@]2(O)C1=O. The molecule has 3 aromatic rings. The number of carbonyl (C=O) groups excluding carboxylic acids is 3. The highest BCUT2D eigenvalue weighted by Crippen LogP contribution is 2.53. The molecule has 3 aliphatic carbocycles. The molecule has 3 atom stereocenters. The molecule has 0 spiro atoms. The minimum absolute atomic E-state index is 0.0356. The third-order valence-electron chi connectivity index (χ3n) is 9.30. The van der Waals surface area contributed by atoms with Crippen molar-refractivity contribution >= 4 is 17.3 Å². The average Bonchev–Trinajstić information content (AvgIpc) is 3.46. The van der Waals surface area contributed by atoms with Gasteiger partial charge in [0.1, 0.15) is 35.2 Å². The number of aliphatic hydroxyl groups excluding tert-OH is 1. The van der Waals surface area contributed by atoms with Gasteiger partial charge in [0.15, 0.2) is 17.2 Å². The third-order valence-corrected chi connectivity index (χ3v) is 9.30. The van der Waals surface area contributed by atoms with Crippen molar-refractivity contribution in [2.75, 3.05) is 6.61 Å². The topological polar surface area (TPSA) is 130 Å². The first kappa shape index (κ1) is 27.2. The van der Waals surface area contributed by atoms with Crippen molar-refractivity contribution in [2.45, 2.75) is 44.8 Å². The number of hydrogen-bond acceptors (Lipinski definition) is 8. The molecule has 8 heteroatoms. The van der Waals surface area contributed by atoms with Gasteiger partial charge in [-0.1, -0.05) is 48.5 Å². The van der Waals surface area contributed by atoms with Crippen molar-refractivity contribution in [1.82, 2.24) is 0 Å². The van der Waals surface area contributed by atoms with Crippen LogP contribution in [0.5, 0.6) is 11.5 Å². The zero-order chi connectivity index (χ0) is 30.0. The van der Waals surface area contributed by atoms with Gasteiger partial charge in [0.05, 0.1) is 12.2 Å². The molecule has 3 N–H and O–H groups in total. The van der Waals surface area contributed by atoms with E-state index in [9.17, 15) is 29.7 Å². The van der Waals surface area contributed by atoms with Crippen molar-refractivity contribution in [2.24, 2.45) is 11.8 Å². The lowest BCUT2D eigenvalue weighted by molar-refractivity contribution is -0.144. The fraction of sp³-hybridized carbons (Fsp3) is 0.286. The summed E-state index contributed by atoms with van der Waals surface area (Å²) < 4.78 is 11.8. The number of hydrogen-bond donors (Lipinski definition) is 3. The van der Waals surface area contributed by atoms with E-state index in [2.05, 4.69) is 0 Å². The molecule has 1 heterocycles. The summed E-state index contributed by atoms with van der Waals surface area (Å²) in [5.74, 6) is -3.59. The van der Waals surface area contributed by atoms with Gasteiger partial charge in [-0.15, -0.1) is 0 Å². The van der Waals surface area contributed by atoms with E-state index in [4.69, 9.17) is 9.47 Å². The van der Waals surface area contributed by atoms with Crippen LogP contribution in [0.2, 0.25) is 0 Å². The van der Waals surface area contributed by atoms with Gasteiger partial charge in [-0.2, -0.15) is 0 Å². The van der Waals surface area contributed by atoms with Crippen LogP contribution in [0.1, 0.15) is 46.8 Å². The van der Waals surface area contributed by atoms with E-state index in [1.807, 2.05) is 48.5 Å². The van der Waals surface area contributed by atoms with Crippen LogP contribution >= 0.6 is 0 Å². The quantitative estimate of drug-likeness (QED) is 0.363. The highest BCUT2D eigenvalue weighted by molar-refractivity contribution is 6.25. The Morgan fingerprint density at radius 2 is 1.84 bits per heavy atom. The molecule has 0 saturated carbocycles. The molecule has 0 unspecified atom stereocenters. The third kappa shape index (κ3) is 4.12. The lowest BCUT2D eigenvalue weighted by atomic mass is 9.59. The van der Waals surface area contributed by atoms with E-state index >= 15 is 0 Å². The summed E-state index contributed by atoms with van der Waals surface area (Å²) in [6.45, 7) is 1.95. The molecular weight excluding hydrogens is 548 g/mol.